The molecule has 0 aliphatic heterocycles. The van der Waals surface area contributed by atoms with E-state index < -0.39 is 5.82 Å². The smallest absolute Gasteiger partial charge is 0.205 e. The predicted molar refractivity (Wildman–Crippen MR) is 79.4 cm³/mol. The minimum atomic E-state index is -0.495. The number of rotatable bonds is 2. The molecule has 4 heteroatoms. The number of thiophene rings is 1. The highest BCUT2D eigenvalue weighted by atomic mass is 79.9. The van der Waals surface area contributed by atoms with Crippen molar-refractivity contribution in [1.82, 2.24) is 0 Å². The van der Waals surface area contributed by atoms with Gasteiger partial charge in [0.05, 0.1) is 10.4 Å². The molecule has 3 rings (SSSR count). The van der Waals surface area contributed by atoms with Gasteiger partial charge in [-0.1, -0.05) is 34.1 Å². The quantitative estimate of drug-likeness (QED) is 0.600. The van der Waals surface area contributed by atoms with Gasteiger partial charge in [-0.2, -0.15) is 0 Å². The van der Waals surface area contributed by atoms with E-state index in [1.807, 2.05) is 30.3 Å². The number of benzene rings is 2. The van der Waals surface area contributed by atoms with E-state index in [-0.39, 0.29) is 11.3 Å². The normalized spacial score (nSPS) is 10.8. The minimum absolute atomic E-state index is 0.0981. The summed E-state index contributed by atoms with van der Waals surface area (Å²) in [5.41, 5.74) is 0.0981. The van der Waals surface area contributed by atoms with E-state index in [2.05, 4.69) is 15.9 Å². The monoisotopic (exact) mass is 334 g/mol. The van der Waals surface area contributed by atoms with Crippen LogP contribution in [-0.4, -0.2) is 5.78 Å². The van der Waals surface area contributed by atoms with Crippen molar-refractivity contribution in [3.63, 3.8) is 0 Å². The number of hydrogen-bond acceptors (Lipinski definition) is 2. The van der Waals surface area contributed by atoms with Crippen LogP contribution in [0.25, 0.3) is 10.1 Å². The second-order valence-corrected chi connectivity index (χ2v) is 6.10. The molecule has 0 fully saturated rings. The van der Waals surface area contributed by atoms with Gasteiger partial charge in [-0.3, -0.25) is 4.79 Å². The number of carbonyl (C=O) groups is 1. The maximum absolute atomic E-state index is 13.7. The summed E-state index contributed by atoms with van der Waals surface area (Å²) in [5, 5.41) is 1.01. The third-order valence-corrected chi connectivity index (χ3v) is 4.43. The maximum atomic E-state index is 13.7. The van der Waals surface area contributed by atoms with Crippen LogP contribution in [0.2, 0.25) is 0 Å². The summed E-state index contributed by atoms with van der Waals surface area (Å²) in [7, 11) is 0. The van der Waals surface area contributed by atoms with Gasteiger partial charge in [0, 0.05) is 9.17 Å². The highest BCUT2D eigenvalue weighted by molar-refractivity contribution is 9.10. The molecular weight excluding hydrogens is 327 g/mol. The summed E-state index contributed by atoms with van der Waals surface area (Å²) in [6.45, 7) is 0. The first-order valence-electron chi connectivity index (χ1n) is 5.63. The summed E-state index contributed by atoms with van der Waals surface area (Å²) in [6.07, 6.45) is 0. The van der Waals surface area contributed by atoms with Crippen LogP contribution in [0.15, 0.2) is 53.0 Å². The van der Waals surface area contributed by atoms with Crippen LogP contribution in [-0.2, 0) is 0 Å². The van der Waals surface area contributed by atoms with Gasteiger partial charge in [-0.05, 0) is 35.7 Å². The molecule has 0 N–H and O–H groups in total. The van der Waals surface area contributed by atoms with E-state index in [9.17, 15) is 9.18 Å². The molecule has 19 heavy (non-hydrogen) atoms. The van der Waals surface area contributed by atoms with Gasteiger partial charge in [0.25, 0.3) is 0 Å². The number of ketones is 1. The van der Waals surface area contributed by atoms with Crippen molar-refractivity contribution in [2.24, 2.45) is 0 Å². The second kappa shape index (κ2) is 4.87. The lowest BCUT2D eigenvalue weighted by atomic mass is 10.1. The molecule has 0 saturated carbocycles. The maximum Gasteiger partial charge on any atom is 0.205 e. The predicted octanol–water partition coefficient (Wildman–Crippen LogP) is 5.03. The Balaban J connectivity index is 2.10. The Kier molecular flexibility index (Phi) is 3.21. The van der Waals surface area contributed by atoms with Crippen molar-refractivity contribution < 1.29 is 9.18 Å². The van der Waals surface area contributed by atoms with Crippen LogP contribution < -0.4 is 0 Å². The van der Waals surface area contributed by atoms with E-state index in [1.165, 1.54) is 23.5 Å². The van der Waals surface area contributed by atoms with E-state index in [0.29, 0.717) is 9.35 Å². The fourth-order valence-electron chi connectivity index (χ4n) is 1.90. The van der Waals surface area contributed by atoms with Crippen molar-refractivity contribution in [3.05, 3.63) is 69.3 Å². The third-order valence-electron chi connectivity index (χ3n) is 2.82. The fourth-order valence-corrected chi connectivity index (χ4v) is 3.28. The number of hydrogen-bond donors (Lipinski definition) is 0. The van der Waals surface area contributed by atoms with Gasteiger partial charge < -0.3 is 0 Å². The molecule has 1 heterocycles. The van der Waals surface area contributed by atoms with E-state index in [1.54, 1.807) is 6.07 Å². The molecule has 0 saturated heterocycles. The molecule has 0 radical (unpaired) electrons. The van der Waals surface area contributed by atoms with Crippen LogP contribution in [0.5, 0.6) is 0 Å². The minimum Gasteiger partial charge on any atom is -0.288 e. The zero-order chi connectivity index (χ0) is 13.4. The Morgan fingerprint density at radius 2 is 1.89 bits per heavy atom. The van der Waals surface area contributed by atoms with E-state index in [0.717, 1.165) is 10.1 Å². The van der Waals surface area contributed by atoms with Gasteiger partial charge in [-0.15, -0.1) is 11.3 Å². The SMILES string of the molecule is O=C(c1cc2ccccc2s1)c1cc(Br)ccc1F. The zero-order valence-corrected chi connectivity index (χ0v) is 12.1. The van der Waals surface area contributed by atoms with Gasteiger partial charge in [0.15, 0.2) is 0 Å². The van der Waals surface area contributed by atoms with Crippen molar-refractivity contribution in [3.8, 4) is 0 Å². The first kappa shape index (κ1) is 12.5. The molecule has 0 unspecified atom stereocenters. The average molecular weight is 335 g/mol. The third kappa shape index (κ3) is 2.33. The zero-order valence-electron chi connectivity index (χ0n) is 9.69. The fraction of sp³-hybridized carbons (Fsp3) is 0. The van der Waals surface area contributed by atoms with Crippen LogP contribution in [0.3, 0.4) is 0 Å². The Morgan fingerprint density at radius 3 is 2.68 bits per heavy atom. The molecule has 2 aromatic carbocycles. The van der Waals surface area contributed by atoms with Crippen LogP contribution >= 0.6 is 27.3 Å². The largest absolute Gasteiger partial charge is 0.288 e. The summed E-state index contributed by atoms with van der Waals surface area (Å²) in [6, 6.07) is 13.9. The molecule has 94 valence electrons. The van der Waals surface area contributed by atoms with Crippen molar-refractivity contribution in [2.75, 3.05) is 0 Å². The summed E-state index contributed by atoms with van der Waals surface area (Å²) >= 11 is 4.64. The van der Waals surface area contributed by atoms with Crippen molar-refractivity contribution in [1.29, 1.82) is 0 Å². The molecule has 1 aromatic heterocycles. The van der Waals surface area contributed by atoms with Crippen LogP contribution in [0.4, 0.5) is 4.39 Å². The first-order valence-corrected chi connectivity index (χ1v) is 7.24. The second-order valence-electron chi connectivity index (χ2n) is 4.10. The highest BCUT2D eigenvalue weighted by Crippen LogP contribution is 2.28. The molecule has 1 nitrogen and oxygen atoms in total. The first-order chi connectivity index (χ1) is 9.15. The Morgan fingerprint density at radius 1 is 1.11 bits per heavy atom. The van der Waals surface area contributed by atoms with Gasteiger partial charge in [-0.25, -0.2) is 4.39 Å². The Labute approximate surface area is 121 Å². The van der Waals surface area contributed by atoms with Crippen LogP contribution in [0, 0.1) is 5.82 Å². The summed E-state index contributed by atoms with van der Waals surface area (Å²) in [5.74, 6) is -0.773. The van der Waals surface area contributed by atoms with Crippen molar-refractivity contribution in [2.45, 2.75) is 0 Å². The molecule has 0 amide bonds. The summed E-state index contributed by atoms with van der Waals surface area (Å²) in [4.78, 5) is 12.9. The molecule has 0 aliphatic rings. The lowest BCUT2D eigenvalue weighted by Gasteiger charge is -2.00. The Bertz CT molecular complexity index is 746. The molecule has 0 atom stereocenters. The standard InChI is InChI=1S/C15H8BrFOS/c16-10-5-6-12(17)11(8-10)15(18)14-7-9-3-1-2-4-13(9)19-14/h1-8H. The van der Waals surface area contributed by atoms with Crippen LogP contribution in [0.1, 0.15) is 15.2 Å². The lowest BCUT2D eigenvalue weighted by molar-refractivity contribution is 0.103. The summed E-state index contributed by atoms with van der Waals surface area (Å²) < 4.78 is 15.4. The van der Waals surface area contributed by atoms with Gasteiger partial charge in [0.1, 0.15) is 5.82 Å². The number of fused-ring (bicyclic) bond motifs is 1. The molecule has 0 aliphatic carbocycles. The van der Waals surface area contributed by atoms with Crippen molar-refractivity contribution >= 4 is 43.1 Å². The Hall–Kier alpha value is -1.52. The highest BCUT2D eigenvalue weighted by Gasteiger charge is 2.16. The molecule has 3 aromatic rings. The van der Waals surface area contributed by atoms with Gasteiger partial charge >= 0.3 is 0 Å². The number of halogens is 2. The van der Waals surface area contributed by atoms with E-state index >= 15 is 0 Å². The average Bonchev–Trinajstić information content (AvgIpc) is 2.84. The van der Waals surface area contributed by atoms with E-state index in [4.69, 9.17) is 0 Å². The molecule has 0 bridgehead atoms. The van der Waals surface area contributed by atoms with Gasteiger partial charge in [0.2, 0.25) is 5.78 Å². The topological polar surface area (TPSA) is 17.1 Å². The molecular formula is C15H8BrFOS. The molecule has 0 spiro atoms. The number of carbonyl (C=O) groups excluding carboxylic acids is 1. The lowest BCUT2D eigenvalue weighted by Crippen LogP contribution is -2.01.